The van der Waals surface area contributed by atoms with E-state index < -0.39 is 17.9 Å². The lowest BCUT2D eigenvalue weighted by Gasteiger charge is -2.25. The second-order valence-corrected chi connectivity index (χ2v) is 5.48. The maximum atomic E-state index is 12.0. The number of carboxylic acids is 1. The van der Waals surface area contributed by atoms with Crippen LogP contribution in [0.25, 0.3) is 0 Å². The van der Waals surface area contributed by atoms with Crippen molar-refractivity contribution in [2.75, 3.05) is 13.1 Å². The van der Waals surface area contributed by atoms with Crippen molar-refractivity contribution in [3.63, 3.8) is 0 Å². The van der Waals surface area contributed by atoms with Crippen LogP contribution in [0, 0.1) is 11.8 Å². The number of carbonyl (C=O) groups is 3. The van der Waals surface area contributed by atoms with Gasteiger partial charge in [0, 0.05) is 25.9 Å². The molecule has 122 valence electrons. The Balaban J connectivity index is 4.36. The van der Waals surface area contributed by atoms with Crippen LogP contribution in [0.4, 0.5) is 4.79 Å². The van der Waals surface area contributed by atoms with Crippen molar-refractivity contribution >= 4 is 17.9 Å². The van der Waals surface area contributed by atoms with Crippen molar-refractivity contribution in [2.24, 2.45) is 11.8 Å². The number of urea groups is 1. The van der Waals surface area contributed by atoms with Gasteiger partial charge in [-0.15, -0.1) is 0 Å². The summed E-state index contributed by atoms with van der Waals surface area (Å²) in [6.07, 6.45) is 1.95. The standard InChI is InChI=1S/C15H28N2O4/c1-5-12(6-2)10-17(7-3)15(21)16-13(18)8-11(4)9-14(19)20/h11-12H,5-10H2,1-4H3,(H,19,20)(H,16,18,21). The summed E-state index contributed by atoms with van der Waals surface area (Å²) in [6.45, 7) is 8.89. The zero-order chi connectivity index (χ0) is 16.4. The molecule has 0 bridgehead atoms. The Kier molecular flexibility index (Phi) is 9.41. The van der Waals surface area contributed by atoms with Gasteiger partial charge in [0.25, 0.3) is 0 Å². The predicted molar refractivity (Wildman–Crippen MR) is 80.9 cm³/mol. The molecule has 0 aliphatic heterocycles. The summed E-state index contributed by atoms with van der Waals surface area (Å²) in [7, 11) is 0. The van der Waals surface area contributed by atoms with Crippen molar-refractivity contribution in [3.8, 4) is 0 Å². The third kappa shape index (κ3) is 8.32. The molecule has 0 spiro atoms. The Morgan fingerprint density at radius 1 is 1.10 bits per heavy atom. The minimum Gasteiger partial charge on any atom is -0.481 e. The zero-order valence-electron chi connectivity index (χ0n) is 13.5. The molecule has 0 aliphatic carbocycles. The number of rotatable bonds is 9. The van der Waals surface area contributed by atoms with Crippen LogP contribution < -0.4 is 5.32 Å². The maximum Gasteiger partial charge on any atom is 0.324 e. The van der Waals surface area contributed by atoms with Gasteiger partial charge >= 0.3 is 12.0 Å². The fraction of sp³-hybridized carbons (Fsp3) is 0.800. The van der Waals surface area contributed by atoms with E-state index in [0.717, 1.165) is 12.8 Å². The summed E-state index contributed by atoms with van der Waals surface area (Å²) in [5.74, 6) is -1.22. The predicted octanol–water partition coefficient (Wildman–Crippen LogP) is 2.48. The third-order valence-electron chi connectivity index (χ3n) is 3.61. The van der Waals surface area contributed by atoms with E-state index in [0.29, 0.717) is 19.0 Å². The number of carbonyl (C=O) groups excluding carboxylic acids is 2. The molecule has 1 atom stereocenters. The van der Waals surface area contributed by atoms with Gasteiger partial charge in [-0.2, -0.15) is 0 Å². The Bertz CT molecular complexity index is 354. The van der Waals surface area contributed by atoms with E-state index in [1.54, 1.807) is 11.8 Å². The van der Waals surface area contributed by atoms with Crippen LogP contribution in [-0.4, -0.2) is 41.0 Å². The molecule has 0 aromatic rings. The quantitative estimate of drug-likeness (QED) is 0.685. The summed E-state index contributed by atoms with van der Waals surface area (Å²) in [5.41, 5.74) is 0. The Labute approximate surface area is 126 Å². The minimum atomic E-state index is -0.939. The first-order chi connectivity index (χ1) is 9.83. The van der Waals surface area contributed by atoms with E-state index in [-0.39, 0.29) is 18.8 Å². The van der Waals surface area contributed by atoms with Crippen LogP contribution in [0.1, 0.15) is 53.4 Å². The summed E-state index contributed by atoms with van der Waals surface area (Å²) in [6, 6.07) is -0.392. The third-order valence-corrected chi connectivity index (χ3v) is 3.61. The van der Waals surface area contributed by atoms with Crippen molar-refractivity contribution in [1.82, 2.24) is 10.2 Å². The van der Waals surface area contributed by atoms with E-state index in [1.165, 1.54) is 0 Å². The van der Waals surface area contributed by atoms with Gasteiger partial charge < -0.3 is 10.0 Å². The second-order valence-electron chi connectivity index (χ2n) is 5.48. The molecule has 0 saturated heterocycles. The van der Waals surface area contributed by atoms with Gasteiger partial charge in [0.2, 0.25) is 5.91 Å². The van der Waals surface area contributed by atoms with Gasteiger partial charge in [-0.05, 0) is 18.8 Å². The molecule has 21 heavy (non-hydrogen) atoms. The number of nitrogens with one attached hydrogen (secondary N) is 1. The molecule has 0 rings (SSSR count). The molecule has 2 N–H and O–H groups in total. The molecule has 0 heterocycles. The van der Waals surface area contributed by atoms with Crippen LogP contribution in [0.3, 0.4) is 0 Å². The summed E-state index contributed by atoms with van der Waals surface area (Å²) >= 11 is 0. The molecule has 0 aliphatic rings. The number of aliphatic carboxylic acids is 1. The molecule has 0 fully saturated rings. The molecular weight excluding hydrogens is 272 g/mol. The van der Waals surface area contributed by atoms with E-state index in [2.05, 4.69) is 19.2 Å². The van der Waals surface area contributed by atoms with E-state index >= 15 is 0 Å². The smallest absolute Gasteiger partial charge is 0.324 e. The second kappa shape index (κ2) is 10.2. The van der Waals surface area contributed by atoms with Crippen LogP contribution in [0.2, 0.25) is 0 Å². The number of hydrogen-bond acceptors (Lipinski definition) is 3. The van der Waals surface area contributed by atoms with Gasteiger partial charge in [0.1, 0.15) is 0 Å². The summed E-state index contributed by atoms with van der Waals surface area (Å²) < 4.78 is 0. The van der Waals surface area contributed by atoms with Crippen LogP contribution in [-0.2, 0) is 9.59 Å². The SMILES string of the molecule is CCC(CC)CN(CC)C(=O)NC(=O)CC(C)CC(=O)O. The molecular formula is C15H28N2O4. The Morgan fingerprint density at radius 3 is 2.10 bits per heavy atom. The average molecular weight is 300 g/mol. The maximum absolute atomic E-state index is 12.0. The summed E-state index contributed by atoms with van der Waals surface area (Å²) in [4.78, 5) is 35.9. The first-order valence-corrected chi connectivity index (χ1v) is 7.64. The number of imide groups is 1. The highest BCUT2D eigenvalue weighted by Gasteiger charge is 2.19. The minimum absolute atomic E-state index is 0.0422. The molecule has 0 aromatic carbocycles. The Hall–Kier alpha value is -1.59. The summed E-state index contributed by atoms with van der Waals surface area (Å²) in [5, 5.41) is 11.0. The topological polar surface area (TPSA) is 86.7 Å². The van der Waals surface area contributed by atoms with Crippen molar-refractivity contribution in [1.29, 1.82) is 0 Å². The molecule has 0 saturated carbocycles. The van der Waals surface area contributed by atoms with E-state index in [1.807, 2.05) is 6.92 Å². The van der Waals surface area contributed by atoms with E-state index in [9.17, 15) is 14.4 Å². The first-order valence-electron chi connectivity index (χ1n) is 7.64. The van der Waals surface area contributed by atoms with Crippen LogP contribution in [0.5, 0.6) is 0 Å². The lowest BCUT2D eigenvalue weighted by atomic mass is 10.0. The van der Waals surface area contributed by atoms with Gasteiger partial charge in [0.15, 0.2) is 0 Å². The number of carboxylic acid groups (broad SMARTS) is 1. The average Bonchev–Trinajstić information content (AvgIpc) is 2.38. The van der Waals surface area contributed by atoms with Gasteiger partial charge in [-0.25, -0.2) is 4.79 Å². The number of hydrogen-bond donors (Lipinski definition) is 2. The van der Waals surface area contributed by atoms with Gasteiger partial charge in [-0.1, -0.05) is 33.6 Å². The van der Waals surface area contributed by atoms with Gasteiger partial charge in [-0.3, -0.25) is 14.9 Å². The number of amides is 3. The number of nitrogens with zero attached hydrogens (tertiary/aromatic N) is 1. The highest BCUT2D eigenvalue weighted by atomic mass is 16.4. The van der Waals surface area contributed by atoms with Crippen molar-refractivity contribution in [2.45, 2.75) is 53.4 Å². The van der Waals surface area contributed by atoms with Crippen molar-refractivity contribution in [3.05, 3.63) is 0 Å². The molecule has 3 amide bonds. The fourth-order valence-electron chi connectivity index (χ4n) is 2.15. The Morgan fingerprint density at radius 2 is 1.67 bits per heavy atom. The normalized spacial score (nSPS) is 12.0. The highest BCUT2D eigenvalue weighted by molar-refractivity contribution is 5.94. The monoisotopic (exact) mass is 300 g/mol. The molecule has 1 unspecified atom stereocenters. The fourth-order valence-corrected chi connectivity index (χ4v) is 2.15. The molecule has 6 nitrogen and oxygen atoms in total. The molecule has 0 aromatic heterocycles. The first kappa shape index (κ1) is 19.4. The lowest BCUT2D eigenvalue weighted by molar-refractivity contribution is -0.138. The highest BCUT2D eigenvalue weighted by Crippen LogP contribution is 2.10. The lowest BCUT2D eigenvalue weighted by Crippen LogP contribution is -2.45. The van der Waals surface area contributed by atoms with Crippen LogP contribution >= 0.6 is 0 Å². The van der Waals surface area contributed by atoms with E-state index in [4.69, 9.17) is 5.11 Å². The largest absolute Gasteiger partial charge is 0.481 e. The molecule has 6 heteroatoms. The van der Waals surface area contributed by atoms with Crippen molar-refractivity contribution < 1.29 is 19.5 Å². The van der Waals surface area contributed by atoms with Crippen LogP contribution in [0.15, 0.2) is 0 Å². The molecule has 0 radical (unpaired) electrons. The van der Waals surface area contributed by atoms with Gasteiger partial charge in [0.05, 0.1) is 0 Å². The zero-order valence-corrected chi connectivity index (χ0v) is 13.5.